The molecular weight excluding hydrogens is 164 g/mol. The van der Waals surface area contributed by atoms with Crippen LogP contribution in [-0.2, 0) is 14.3 Å². The highest BCUT2D eigenvalue weighted by Gasteiger charge is 2.14. The van der Waals surface area contributed by atoms with Gasteiger partial charge in [-0.2, -0.15) is 12.6 Å². The molecule has 0 aliphatic carbocycles. The second kappa shape index (κ2) is 4.90. The molecule has 0 saturated heterocycles. The number of halogens is 1. The highest BCUT2D eigenvalue weighted by Crippen LogP contribution is 2.00. The Kier molecular flexibility index (Phi) is 4.94. The third-order valence-corrected chi connectivity index (χ3v) is 1.06. The first-order chi connectivity index (χ1) is 4.22. The molecule has 0 aromatic rings. The molecule has 0 spiro atoms. The average Bonchev–Trinajstić information content (AvgIpc) is 1.87. The molecule has 0 aromatic heterocycles. The Morgan fingerprint density at radius 2 is 2.44 bits per heavy atom. The zero-order valence-electron chi connectivity index (χ0n) is 4.83. The van der Waals surface area contributed by atoms with Crippen LogP contribution in [0.2, 0.25) is 0 Å². The zero-order valence-corrected chi connectivity index (χ0v) is 6.48. The first-order valence-corrected chi connectivity index (χ1v) is 3.23. The number of ether oxygens (including phenoxy) is 2. The van der Waals surface area contributed by atoms with Gasteiger partial charge in [-0.25, -0.2) is 4.79 Å². The van der Waals surface area contributed by atoms with E-state index >= 15 is 0 Å². The lowest BCUT2D eigenvalue weighted by Crippen LogP contribution is -2.18. The average molecular weight is 171 g/mol. The Morgan fingerprint density at radius 3 is 2.78 bits per heavy atom. The molecule has 1 unspecified atom stereocenters. The standard InChI is InChI=1S/C4H7ClO3S/c1-7-4(6)3(5)8-2-9/h3,9H,2H2,1H3. The minimum Gasteiger partial charge on any atom is -0.466 e. The summed E-state index contributed by atoms with van der Waals surface area (Å²) < 4.78 is 8.78. The van der Waals surface area contributed by atoms with Gasteiger partial charge in [0, 0.05) is 0 Å². The lowest BCUT2D eigenvalue weighted by atomic mass is 10.7. The quantitative estimate of drug-likeness (QED) is 0.292. The summed E-state index contributed by atoms with van der Waals surface area (Å²) in [5.41, 5.74) is -1.03. The molecule has 0 radical (unpaired) electrons. The molecule has 0 N–H and O–H groups in total. The van der Waals surface area contributed by atoms with Crippen molar-refractivity contribution in [2.75, 3.05) is 13.0 Å². The number of carbonyl (C=O) groups is 1. The number of esters is 1. The fourth-order valence-electron chi connectivity index (χ4n) is 0.226. The summed E-state index contributed by atoms with van der Waals surface area (Å²) >= 11 is 8.96. The highest BCUT2D eigenvalue weighted by atomic mass is 35.5. The lowest BCUT2D eigenvalue weighted by molar-refractivity contribution is -0.147. The summed E-state index contributed by atoms with van der Waals surface area (Å²) in [5, 5.41) is 0. The second-order valence-electron chi connectivity index (χ2n) is 1.13. The molecule has 0 fully saturated rings. The van der Waals surface area contributed by atoms with E-state index in [1.165, 1.54) is 7.11 Å². The van der Waals surface area contributed by atoms with Gasteiger partial charge < -0.3 is 9.47 Å². The molecule has 0 saturated carbocycles. The van der Waals surface area contributed by atoms with Crippen LogP contribution in [0.4, 0.5) is 0 Å². The van der Waals surface area contributed by atoms with E-state index in [0.717, 1.165) is 0 Å². The molecule has 0 bridgehead atoms. The van der Waals surface area contributed by atoms with Gasteiger partial charge in [0.25, 0.3) is 0 Å². The van der Waals surface area contributed by atoms with Crippen molar-refractivity contribution >= 4 is 30.2 Å². The maximum atomic E-state index is 10.4. The van der Waals surface area contributed by atoms with E-state index in [1.807, 2.05) is 0 Å². The van der Waals surface area contributed by atoms with Crippen LogP contribution in [0.15, 0.2) is 0 Å². The smallest absolute Gasteiger partial charge is 0.350 e. The normalized spacial score (nSPS) is 12.8. The Morgan fingerprint density at radius 1 is 1.89 bits per heavy atom. The molecule has 0 aliphatic heterocycles. The van der Waals surface area contributed by atoms with Crippen LogP contribution >= 0.6 is 24.2 Å². The predicted molar refractivity (Wildman–Crippen MR) is 36.6 cm³/mol. The number of alkyl halides is 1. The Balaban J connectivity index is 3.45. The Labute approximate surface area is 63.7 Å². The third kappa shape index (κ3) is 3.61. The Hall–Kier alpha value is 0.0700. The third-order valence-electron chi connectivity index (χ3n) is 0.607. The van der Waals surface area contributed by atoms with E-state index in [4.69, 9.17) is 11.6 Å². The number of methoxy groups -OCH3 is 1. The van der Waals surface area contributed by atoms with Gasteiger partial charge in [0.05, 0.1) is 13.0 Å². The monoisotopic (exact) mass is 170 g/mol. The molecule has 0 heterocycles. The molecule has 0 aliphatic rings. The van der Waals surface area contributed by atoms with Crippen molar-refractivity contribution < 1.29 is 14.3 Å². The first kappa shape index (κ1) is 9.07. The zero-order chi connectivity index (χ0) is 7.28. The summed E-state index contributed by atoms with van der Waals surface area (Å²) in [5.74, 6) is -0.505. The van der Waals surface area contributed by atoms with Crippen molar-refractivity contribution in [3.8, 4) is 0 Å². The molecular formula is C4H7ClO3S. The van der Waals surface area contributed by atoms with Gasteiger partial charge in [0.15, 0.2) is 0 Å². The minimum absolute atomic E-state index is 0.100. The van der Waals surface area contributed by atoms with Crippen LogP contribution in [0, 0.1) is 0 Å². The maximum absolute atomic E-state index is 10.4. The molecule has 0 aromatic carbocycles. The van der Waals surface area contributed by atoms with E-state index in [2.05, 4.69) is 22.1 Å². The van der Waals surface area contributed by atoms with Gasteiger partial charge in [-0.15, -0.1) is 0 Å². The van der Waals surface area contributed by atoms with Gasteiger partial charge in [-0.05, 0) is 0 Å². The van der Waals surface area contributed by atoms with Crippen LogP contribution in [0.25, 0.3) is 0 Å². The van der Waals surface area contributed by atoms with Gasteiger partial charge in [0.1, 0.15) is 0 Å². The van der Waals surface area contributed by atoms with Gasteiger partial charge in [0.2, 0.25) is 5.56 Å². The molecule has 54 valence electrons. The number of rotatable bonds is 3. The van der Waals surface area contributed by atoms with Crippen molar-refractivity contribution in [1.82, 2.24) is 0 Å². The van der Waals surface area contributed by atoms with Crippen LogP contribution in [-0.4, -0.2) is 24.6 Å². The van der Waals surface area contributed by atoms with Gasteiger partial charge in [-0.1, -0.05) is 11.6 Å². The second-order valence-corrected chi connectivity index (χ2v) is 1.79. The van der Waals surface area contributed by atoms with Crippen molar-refractivity contribution in [2.24, 2.45) is 0 Å². The van der Waals surface area contributed by atoms with E-state index in [0.29, 0.717) is 0 Å². The summed E-state index contributed by atoms with van der Waals surface area (Å²) in [7, 11) is 1.24. The van der Waals surface area contributed by atoms with E-state index in [-0.39, 0.29) is 5.94 Å². The summed E-state index contributed by atoms with van der Waals surface area (Å²) in [6.45, 7) is 0. The highest BCUT2D eigenvalue weighted by molar-refractivity contribution is 7.80. The maximum Gasteiger partial charge on any atom is 0.350 e. The molecule has 3 nitrogen and oxygen atoms in total. The fraction of sp³-hybridized carbons (Fsp3) is 0.750. The minimum atomic E-state index is -1.03. The summed E-state index contributed by atoms with van der Waals surface area (Å²) in [4.78, 5) is 10.4. The molecule has 9 heavy (non-hydrogen) atoms. The number of hydrogen-bond acceptors (Lipinski definition) is 4. The molecule has 0 amide bonds. The molecule has 1 atom stereocenters. The number of hydrogen-bond donors (Lipinski definition) is 1. The van der Waals surface area contributed by atoms with Crippen molar-refractivity contribution in [3.05, 3.63) is 0 Å². The van der Waals surface area contributed by atoms with Gasteiger partial charge >= 0.3 is 5.97 Å². The van der Waals surface area contributed by atoms with E-state index < -0.39 is 11.5 Å². The topological polar surface area (TPSA) is 35.5 Å². The van der Waals surface area contributed by atoms with Crippen molar-refractivity contribution in [3.63, 3.8) is 0 Å². The molecule has 5 heteroatoms. The predicted octanol–water partition coefficient (Wildman–Crippen LogP) is 0.628. The lowest BCUT2D eigenvalue weighted by Gasteiger charge is -2.04. The largest absolute Gasteiger partial charge is 0.466 e. The van der Waals surface area contributed by atoms with Crippen LogP contribution in [0.1, 0.15) is 0 Å². The SMILES string of the molecule is COC(=O)C(Cl)OCS. The fourth-order valence-corrected chi connectivity index (χ4v) is 0.615. The van der Waals surface area contributed by atoms with Crippen LogP contribution < -0.4 is 0 Å². The van der Waals surface area contributed by atoms with Crippen molar-refractivity contribution in [1.29, 1.82) is 0 Å². The first-order valence-electron chi connectivity index (χ1n) is 2.16. The van der Waals surface area contributed by atoms with Gasteiger partial charge in [-0.3, -0.25) is 0 Å². The Bertz CT molecular complexity index is 97.8. The summed E-state index contributed by atoms with van der Waals surface area (Å²) in [6.07, 6.45) is 0. The number of thiol groups is 1. The van der Waals surface area contributed by atoms with Crippen LogP contribution in [0.3, 0.4) is 0 Å². The molecule has 0 rings (SSSR count). The van der Waals surface area contributed by atoms with E-state index in [9.17, 15) is 4.79 Å². The number of carbonyl (C=O) groups excluding carboxylic acids is 1. The van der Waals surface area contributed by atoms with Crippen molar-refractivity contribution in [2.45, 2.75) is 5.56 Å². The van der Waals surface area contributed by atoms with E-state index in [1.54, 1.807) is 0 Å². The van der Waals surface area contributed by atoms with Crippen LogP contribution in [0.5, 0.6) is 0 Å². The summed E-state index contributed by atoms with van der Waals surface area (Å²) in [6, 6.07) is 0.